The Morgan fingerprint density at radius 3 is 2.33 bits per heavy atom. The van der Waals surface area contributed by atoms with Crippen LogP contribution in [0.25, 0.3) is 0 Å². The van der Waals surface area contributed by atoms with Crippen molar-refractivity contribution < 1.29 is 13.6 Å². The van der Waals surface area contributed by atoms with Gasteiger partial charge in [0.25, 0.3) is 0 Å². The number of hydrogen-bond donors (Lipinski definition) is 3. The fourth-order valence-electron chi connectivity index (χ4n) is 1.61. The van der Waals surface area contributed by atoms with Crippen LogP contribution in [0.4, 0.5) is 0 Å². The van der Waals surface area contributed by atoms with Gasteiger partial charge >= 0.3 is 0 Å². The Morgan fingerprint density at radius 1 is 1.28 bits per heavy atom. The summed E-state index contributed by atoms with van der Waals surface area (Å²) in [6.07, 6.45) is 1.35. The molecule has 0 spiro atoms. The predicted molar refractivity (Wildman–Crippen MR) is 74.8 cm³/mol. The van der Waals surface area contributed by atoms with E-state index in [-0.39, 0.29) is 23.7 Å². The highest BCUT2D eigenvalue weighted by Crippen LogP contribution is 2.05. The van der Waals surface area contributed by atoms with Gasteiger partial charge in [-0.3, -0.25) is 4.79 Å². The molecular formula is C12H26N2O3S. The summed E-state index contributed by atoms with van der Waals surface area (Å²) in [7, 11) is 0. The minimum Gasteiger partial charge on any atom is -0.353 e. The maximum atomic E-state index is 11.9. The Labute approximate surface area is 112 Å². The highest BCUT2D eigenvalue weighted by Gasteiger charge is 2.19. The topological polar surface area (TPSA) is 78.4 Å². The summed E-state index contributed by atoms with van der Waals surface area (Å²) in [4.78, 5) is 11.9. The number of nitrogens with one attached hydrogen (secondary N) is 2. The smallest absolute Gasteiger partial charge is 0.237 e. The number of hydrogen-bond acceptors (Lipinski definition) is 3. The molecule has 0 aliphatic carbocycles. The zero-order chi connectivity index (χ0) is 14.1. The normalized spacial score (nSPS) is 14.8. The third-order valence-corrected chi connectivity index (χ3v) is 2.98. The van der Waals surface area contributed by atoms with Crippen molar-refractivity contribution in [3.8, 4) is 0 Å². The first kappa shape index (κ1) is 17.5. The second kappa shape index (κ2) is 9.47. The van der Waals surface area contributed by atoms with Gasteiger partial charge in [-0.1, -0.05) is 13.8 Å². The van der Waals surface area contributed by atoms with Crippen LogP contribution in [0.5, 0.6) is 0 Å². The standard InChI is InChI=1S/C12H26N2O3S/c1-9(2)8-11(12(15)14-10(3)4)13-6-5-7-18(16)17/h9-11,13H,5-8H2,1-4H3,(H,14,15)(H,16,17). The lowest BCUT2D eigenvalue weighted by atomic mass is 10.0. The molecule has 0 saturated heterocycles. The van der Waals surface area contributed by atoms with E-state index < -0.39 is 11.1 Å². The van der Waals surface area contributed by atoms with E-state index in [1.165, 1.54) is 0 Å². The van der Waals surface area contributed by atoms with Gasteiger partial charge in [0.2, 0.25) is 5.91 Å². The molecule has 0 rings (SSSR count). The minimum absolute atomic E-state index is 0.00354. The van der Waals surface area contributed by atoms with Crippen LogP contribution >= 0.6 is 0 Å². The molecule has 0 fully saturated rings. The van der Waals surface area contributed by atoms with E-state index >= 15 is 0 Å². The fourth-order valence-corrected chi connectivity index (χ4v) is 2.00. The molecular weight excluding hydrogens is 252 g/mol. The van der Waals surface area contributed by atoms with Crippen LogP contribution in [0.3, 0.4) is 0 Å². The Balaban J connectivity index is 4.14. The van der Waals surface area contributed by atoms with Crippen molar-refractivity contribution >= 4 is 17.0 Å². The first-order valence-electron chi connectivity index (χ1n) is 6.44. The van der Waals surface area contributed by atoms with Gasteiger partial charge in [-0.2, -0.15) is 0 Å². The van der Waals surface area contributed by atoms with Gasteiger partial charge in [0.15, 0.2) is 11.1 Å². The van der Waals surface area contributed by atoms with Crippen LogP contribution in [0.15, 0.2) is 0 Å². The third kappa shape index (κ3) is 9.56. The molecule has 0 aromatic rings. The summed E-state index contributed by atoms with van der Waals surface area (Å²) in [6.45, 7) is 8.58. The monoisotopic (exact) mass is 278 g/mol. The second-order valence-electron chi connectivity index (χ2n) is 5.18. The van der Waals surface area contributed by atoms with E-state index in [9.17, 15) is 9.00 Å². The molecule has 5 nitrogen and oxygen atoms in total. The van der Waals surface area contributed by atoms with Crippen LogP contribution in [0, 0.1) is 5.92 Å². The van der Waals surface area contributed by atoms with Crippen LogP contribution in [0.1, 0.15) is 40.5 Å². The van der Waals surface area contributed by atoms with Crippen LogP contribution in [0.2, 0.25) is 0 Å². The highest BCUT2D eigenvalue weighted by molar-refractivity contribution is 7.79. The molecule has 18 heavy (non-hydrogen) atoms. The Hall–Kier alpha value is -0.460. The third-order valence-electron chi connectivity index (χ3n) is 2.34. The first-order valence-corrected chi connectivity index (χ1v) is 7.71. The van der Waals surface area contributed by atoms with Crippen molar-refractivity contribution in [2.45, 2.75) is 52.6 Å². The van der Waals surface area contributed by atoms with E-state index in [1.807, 2.05) is 13.8 Å². The molecule has 0 heterocycles. The van der Waals surface area contributed by atoms with Crippen LogP contribution < -0.4 is 10.6 Å². The SMILES string of the molecule is CC(C)CC(NCCCS(=O)O)C(=O)NC(C)C. The molecule has 2 unspecified atom stereocenters. The van der Waals surface area contributed by atoms with Crippen molar-refractivity contribution in [2.75, 3.05) is 12.3 Å². The Kier molecular flexibility index (Phi) is 9.23. The maximum absolute atomic E-state index is 11.9. The summed E-state index contributed by atoms with van der Waals surface area (Å²) in [6, 6.07) is -0.0987. The molecule has 2 atom stereocenters. The van der Waals surface area contributed by atoms with Gasteiger partial charge < -0.3 is 15.2 Å². The van der Waals surface area contributed by atoms with E-state index in [1.54, 1.807) is 0 Å². The average Bonchev–Trinajstić information content (AvgIpc) is 2.20. The fraction of sp³-hybridized carbons (Fsp3) is 0.917. The van der Waals surface area contributed by atoms with E-state index in [4.69, 9.17) is 4.55 Å². The molecule has 0 bridgehead atoms. The summed E-state index contributed by atoms with van der Waals surface area (Å²) < 4.78 is 19.2. The molecule has 0 radical (unpaired) electrons. The summed E-state index contributed by atoms with van der Waals surface area (Å²) in [5.41, 5.74) is 0. The van der Waals surface area contributed by atoms with E-state index in [0.29, 0.717) is 18.9 Å². The van der Waals surface area contributed by atoms with Gasteiger partial charge in [0.05, 0.1) is 11.8 Å². The molecule has 6 heteroatoms. The molecule has 0 saturated carbocycles. The molecule has 108 valence electrons. The molecule has 0 aromatic carbocycles. The van der Waals surface area contributed by atoms with Crippen LogP contribution in [-0.4, -0.2) is 39.1 Å². The molecule has 3 N–H and O–H groups in total. The van der Waals surface area contributed by atoms with Crippen molar-refractivity contribution in [1.82, 2.24) is 10.6 Å². The van der Waals surface area contributed by atoms with E-state index in [0.717, 1.165) is 6.42 Å². The zero-order valence-corrected chi connectivity index (χ0v) is 12.5. The summed E-state index contributed by atoms with van der Waals surface area (Å²) >= 11 is -1.75. The minimum atomic E-state index is -1.75. The molecule has 0 aliphatic rings. The number of carbonyl (C=O) groups excluding carboxylic acids is 1. The van der Waals surface area contributed by atoms with Gasteiger partial charge in [0.1, 0.15) is 0 Å². The predicted octanol–water partition coefficient (Wildman–Crippen LogP) is 1.13. The Bertz CT molecular complexity index is 270. The Morgan fingerprint density at radius 2 is 1.89 bits per heavy atom. The van der Waals surface area contributed by atoms with Gasteiger partial charge in [-0.05, 0) is 39.2 Å². The molecule has 0 aliphatic heterocycles. The lowest BCUT2D eigenvalue weighted by molar-refractivity contribution is -0.124. The zero-order valence-electron chi connectivity index (χ0n) is 11.7. The highest BCUT2D eigenvalue weighted by atomic mass is 32.2. The quantitative estimate of drug-likeness (QED) is 0.436. The van der Waals surface area contributed by atoms with Crippen molar-refractivity contribution in [2.24, 2.45) is 5.92 Å². The average molecular weight is 278 g/mol. The van der Waals surface area contributed by atoms with Gasteiger partial charge in [0, 0.05) is 6.04 Å². The molecule has 0 aromatic heterocycles. The number of rotatable bonds is 9. The number of amides is 1. The largest absolute Gasteiger partial charge is 0.353 e. The number of carbonyl (C=O) groups is 1. The van der Waals surface area contributed by atoms with Crippen molar-refractivity contribution in [3.05, 3.63) is 0 Å². The van der Waals surface area contributed by atoms with E-state index in [2.05, 4.69) is 24.5 Å². The summed E-state index contributed by atoms with van der Waals surface area (Å²) in [5.74, 6) is 0.670. The van der Waals surface area contributed by atoms with Crippen molar-refractivity contribution in [1.29, 1.82) is 0 Å². The summed E-state index contributed by atoms with van der Waals surface area (Å²) in [5, 5.41) is 6.04. The lowest BCUT2D eigenvalue weighted by Crippen LogP contribution is -2.47. The second-order valence-corrected chi connectivity index (χ2v) is 6.23. The molecule has 1 amide bonds. The van der Waals surface area contributed by atoms with Gasteiger partial charge in [-0.25, -0.2) is 4.21 Å². The van der Waals surface area contributed by atoms with Crippen molar-refractivity contribution in [3.63, 3.8) is 0 Å². The lowest BCUT2D eigenvalue weighted by Gasteiger charge is -2.21. The first-order chi connectivity index (χ1) is 8.32. The van der Waals surface area contributed by atoms with Crippen LogP contribution in [-0.2, 0) is 15.9 Å². The maximum Gasteiger partial charge on any atom is 0.237 e. The van der Waals surface area contributed by atoms with Gasteiger partial charge in [-0.15, -0.1) is 0 Å².